The Balaban J connectivity index is 1.33. The molecule has 1 saturated heterocycles. The highest BCUT2D eigenvalue weighted by atomic mass is 79.9. The van der Waals surface area contributed by atoms with Crippen LogP contribution in [0.2, 0.25) is 0 Å². The van der Waals surface area contributed by atoms with Gasteiger partial charge in [0.05, 0.1) is 7.11 Å². The van der Waals surface area contributed by atoms with Crippen molar-refractivity contribution in [3.8, 4) is 17.2 Å². The van der Waals surface area contributed by atoms with Gasteiger partial charge in [0, 0.05) is 43.3 Å². The summed E-state index contributed by atoms with van der Waals surface area (Å²) in [6, 6.07) is 10.9. The number of primary amides is 1. The fourth-order valence-corrected chi connectivity index (χ4v) is 5.22. The molecule has 2 aromatic carbocycles. The minimum atomic E-state index is -0.703. The number of carbonyl (C=O) groups excluding carboxylic acids is 1. The number of rotatable bonds is 8. The number of β-amino-alcohol motifs (C(OH)–C–C–N with tert-alkyl or cyclic N) is 1. The maximum atomic E-state index is 12.3. The van der Waals surface area contributed by atoms with E-state index in [-0.39, 0.29) is 12.5 Å². The second-order valence-electron chi connectivity index (χ2n) is 8.69. The maximum absolute atomic E-state index is 12.3. The van der Waals surface area contributed by atoms with Crippen molar-refractivity contribution in [2.45, 2.75) is 31.6 Å². The summed E-state index contributed by atoms with van der Waals surface area (Å²) >= 11 is 3.61. The molecule has 2 aliphatic heterocycles. The molecule has 0 bridgehead atoms. The highest BCUT2D eigenvalue weighted by Crippen LogP contribution is 2.35. The van der Waals surface area contributed by atoms with Gasteiger partial charge in [-0.15, -0.1) is 0 Å². The molecule has 2 heterocycles. The van der Waals surface area contributed by atoms with Crippen LogP contribution in [0.1, 0.15) is 24.1 Å². The molecule has 2 aromatic rings. The van der Waals surface area contributed by atoms with Crippen molar-refractivity contribution in [3.05, 3.63) is 52.0 Å². The first kappa shape index (κ1) is 24.8. The van der Waals surface area contributed by atoms with Crippen LogP contribution in [-0.2, 0) is 11.2 Å². The highest BCUT2D eigenvalue weighted by Gasteiger charge is 2.33. The van der Waals surface area contributed by atoms with Crippen LogP contribution in [0.3, 0.4) is 0 Å². The van der Waals surface area contributed by atoms with E-state index in [9.17, 15) is 9.90 Å². The third kappa shape index (κ3) is 5.49. The quantitative estimate of drug-likeness (QED) is 0.537. The van der Waals surface area contributed by atoms with Gasteiger partial charge in [0.15, 0.2) is 17.6 Å². The number of hydrogen-bond donors (Lipinski definition) is 2. The largest absolute Gasteiger partial charge is 0.497 e. The molecule has 2 aliphatic rings. The van der Waals surface area contributed by atoms with Gasteiger partial charge in [-0.3, -0.25) is 14.6 Å². The van der Waals surface area contributed by atoms with E-state index in [1.54, 1.807) is 25.3 Å². The number of fused-ring (bicyclic) bond motifs is 1. The summed E-state index contributed by atoms with van der Waals surface area (Å²) in [6.45, 7) is 5.63. The highest BCUT2D eigenvalue weighted by molar-refractivity contribution is 9.10. The zero-order valence-corrected chi connectivity index (χ0v) is 21.2. The summed E-state index contributed by atoms with van der Waals surface area (Å²) in [6.07, 6.45) is -0.239. The molecule has 1 fully saturated rings. The summed E-state index contributed by atoms with van der Waals surface area (Å²) in [5.41, 5.74) is 7.89. The van der Waals surface area contributed by atoms with Crippen LogP contribution in [0.15, 0.2) is 40.9 Å². The molecule has 8 nitrogen and oxygen atoms in total. The van der Waals surface area contributed by atoms with Crippen LogP contribution in [0.5, 0.6) is 17.2 Å². The van der Waals surface area contributed by atoms with Crippen LogP contribution in [-0.4, -0.2) is 79.5 Å². The number of methoxy groups -OCH3 is 1. The number of ether oxygens (including phenoxy) is 3. The number of hydrogen-bond acceptors (Lipinski definition) is 7. The van der Waals surface area contributed by atoms with Crippen LogP contribution in [0.25, 0.3) is 0 Å². The number of aliphatic hydroxyl groups is 1. The lowest BCUT2D eigenvalue weighted by molar-refractivity contribution is -0.124. The predicted octanol–water partition coefficient (Wildman–Crippen LogP) is 2.37. The van der Waals surface area contributed by atoms with Crippen LogP contribution in [0.4, 0.5) is 0 Å². The van der Waals surface area contributed by atoms with E-state index >= 15 is 0 Å². The van der Waals surface area contributed by atoms with Crippen molar-refractivity contribution in [3.63, 3.8) is 0 Å². The van der Waals surface area contributed by atoms with Gasteiger partial charge in [0.1, 0.15) is 24.5 Å². The first-order valence-electron chi connectivity index (χ1n) is 11.6. The van der Waals surface area contributed by atoms with E-state index < -0.39 is 18.2 Å². The van der Waals surface area contributed by atoms with Gasteiger partial charge in [-0.25, -0.2) is 0 Å². The van der Waals surface area contributed by atoms with Crippen LogP contribution < -0.4 is 19.9 Å². The number of piperazine rings is 1. The standard InChI is InChI=1S/C25H32BrN3O5/c1-3-16-4-5-17(12-19(16)26)24(25(27)31)29-10-8-28(9-11-29)14-20(30)23-15-33-22-13-18(32-2)6-7-21(22)34-23/h4-7,12-13,20,23-24,30H,3,8-11,14-15H2,1-2H3,(H2,27,31). The van der Waals surface area contributed by atoms with Crippen molar-refractivity contribution >= 4 is 21.8 Å². The van der Waals surface area contributed by atoms with Crippen molar-refractivity contribution in [1.29, 1.82) is 0 Å². The third-order valence-electron chi connectivity index (χ3n) is 6.52. The molecule has 184 valence electrons. The van der Waals surface area contributed by atoms with E-state index in [2.05, 4.69) is 32.7 Å². The van der Waals surface area contributed by atoms with Gasteiger partial charge in [0.2, 0.25) is 5.91 Å². The summed E-state index contributed by atoms with van der Waals surface area (Å²) in [4.78, 5) is 16.6. The van der Waals surface area contributed by atoms with E-state index in [0.29, 0.717) is 36.9 Å². The van der Waals surface area contributed by atoms with Gasteiger partial charge >= 0.3 is 0 Å². The molecule has 0 aliphatic carbocycles. The Hall–Kier alpha value is -2.33. The SMILES string of the molecule is CCc1ccc(C(C(N)=O)N2CCN(CC(O)C3COc4cc(OC)ccc4O3)CC2)cc1Br. The fraction of sp³-hybridized carbons (Fsp3) is 0.480. The summed E-state index contributed by atoms with van der Waals surface area (Å²) in [7, 11) is 1.60. The number of carbonyl (C=O) groups is 1. The summed E-state index contributed by atoms with van der Waals surface area (Å²) < 4.78 is 18.0. The number of aliphatic hydroxyl groups excluding tert-OH is 1. The summed E-state index contributed by atoms with van der Waals surface area (Å²) in [5.74, 6) is 1.56. The van der Waals surface area contributed by atoms with Crippen LogP contribution >= 0.6 is 15.9 Å². The lowest BCUT2D eigenvalue weighted by Crippen LogP contribution is -2.54. The van der Waals surface area contributed by atoms with E-state index in [1.165, 1.54) is 5.56 Å². The molecule has 34 heavy (non-hydrogen) atoms. The van der Waals surface area contributed by atoms with Gasteiger partial charge in [-0.1, -0.05) is 35.0 Å². The molecule has 0 radical (unpaired) electrons. The Labute approximate surface area is 208 Å². The average Bonchev–Trinajstić information content (AvgIpc) is 2.84. The Morgan fingerprint density at radius 3 is 2.62 bits per heavy atom. The topological polar surface area (TPSA) is 97.5 Å². The molecule has 0 aromatic heterocycles. The van der Waals surface area contributed by atoms with E-state index in [0.717, 1.165) is 29.5 Å². The second-order valence-corrected chi connectivity index (χ2v) is 9.55. The normalized spacial score (nSPS) is 20.5. The number of nitrogens with zero attached hydrogens (tertiary/aromatic N) is 2. The minimum absolute atomic E-state index is 0.272. The minimum Gasteiger partial charge on any atom is -0.497 e. The van der Waals surface area contributed by atoms with Gasteiger partial charge in [-0.2, -0.15) is 0 Å². The molecule has 9 heteroatoms. The molecule has 4 rings (SSSR count). The lowest BCUT2D eigenvalue weighted by Gasteiger charge is -2.40. The number of benzene rings is 2. The smallest absolute Gasteiger partial charge is 0.239 e. The number of amides is 1. The lowest BCUT2D eigenvalue weighted by atomic mass is 10.0. The summed E-state index contributed by atoms with van der Waals surface area (Å²) in [5, 5.41) is 10.8. The molecular formula is C25H32BrN3O5. The monoisotopic (exact) mass is 533 g/mol. The number of aryl methyl sites for hydroxylation is 1. The maximum Gasteiger partial charge on any atom is 0.239 e. The predicted molar refractivity (Wildman–Crippen MR) is 132 cm³/mol. The Morgan fingerprint density at radius 2 is 1.97 bits per heavy atom. The molecular weight excluding hydrogens is 502 g/mol. The zero-order valence-electron chi connectivity index (χ0n) is 19.6. The van der Waals surface area contributed by atoms with Crippen molar-refractivity contribution < 1.29 is 24.1 Å². The second kappa shape index (κ2) is 10.9. The molecule has 0 saturated carbocycles. The van der Waals surface area contributed by atoms with Crippen molar-refractivity contribution in [2.24, 2.45) is 5.73 Å². The third-order valence-corrected chi connectivity index (χ3v) is 7.26. The van der Waals surface area contributed by atoms with Crippen molar-refractivity contribution in [2.75, 3.05) is 46.4 Å². The molecule has 3 atom stereocenters. The first-order valence-corrected chi connectivity index (χ1v) is 12.4. The van der Waals surface area contributed by atoms with E-state index in [1.807, 2.05) is 18.2 Å². The Morgan fingerprint density at radius 1 is 1.21 bits per heavy atom. The zero-order chi connectivity index (χ0) is 24.2. The van der Waals surface area contributed by atoms with Gasteiger partial charge in [-0.05, 0) is 35.7 Å². The molecule has 0 spiro atoms. The van der Waals surface area contributed by atoms with Gasteiger partial charge < -0.3 is 25.1 Å². The molecule has 3 unspecified atom stereocenters. The number of halogens is 1. The first-order chi connectivity index (χ1) is 16.4. The van der Waals surface area contributed by atoms with Crippen molar-refractivity contribution in [1.82, 2.24) is 9.80 Å². The van der Waals surface area contributed by atoms with Gasteiger partial charge in [0.25, 0.3) is 0 Å². The number of nitrogens with two attached hydrogens (primary N) is 1. The molecule has 3 N–H and O–H groups in total. The van der Waals surface area contributed by atoms with Crippen LogP contribution in [0, 0.1) is 0 Å². The fourth-order valence-electron chi connectivity index (χ4n) is 4.55. The Kier molecular flexibility index (Phi) is 7.98. The molecule has 1 amide bonds. The average molecular weight is 534 g/mol. The Bertz CT molecular complexity index is 1010. The van der Waals surface area contributed by atoms with E-state index in [4.69, 9.17) is 19.9 Å².